The van der Waals surface area contributed by atoms with Crippen LogP contribution in [0.4, 0.5) is 5.69 Å². The summed E-state index contributed by atoms with van der Waals surface area (Å²) in [4.78, 5) is 41.0. The van der Waals surface area contributed by atoms with Crippen LogP contribution in [0.3, 0.4) is 0 Å². The van der Waals surface area contributed by atoms with Gasteiger partial charge in [0.1, 0.15) is 0 Å². The number of nitrogens with zero attached hydrogens (tertiary/aromatic N) is 2. The van der Waals surface area contributed by atoms with Crippen LogP contribution in [-0.2, 0) is 0 Å². The summed E-state index contributed by atoms with van der Waals surface area (Å²) in [5, 5.41) is 2.15. The molecule has 0 spiro atoms. The summed E-state index contributed by atoms with van der Waals surface area (Å²) in [5.41, 5.74) is 1.83. The normalized spacial score (nSPS) is 13.1. The van der Waals surface area contributed by atoms with Gasteiger partial charge in [-0.05, 0) is 47.5 Å². The molecule has 1 aliphatic heterocycles. The third-order valence-electron chi connectivity index (χ3n) is 5.38. The molecule has 29 heavy (non-hydrogen) atoms. The second-order valence-corrected chi connectivity index (χ2v) is 7.27. The van der Waals surface area contributed by atoms with Gasteiger partial charge in [-0.3, -0.25) is 19.3 Å². The number of carbonyl (C=O) groups is 3. The van der Waals surface area contributed by atoms with Gasteiger partial charge in [0.25, 0.3) is 17.7 Å². The van der Waals surface area contributed by atoms with Crippen LogP contribution in [0.15, 0.2) is 60.7 Å². The average Bonchev–Trinajstić information content (AvgIpc) is 3.00. The Labute approximate surface area is 169 Å². The Morgan fingerprint density at radius 3 is 2.38 bits per heavy atom. The summed E-state index contributed by atoms with van der Waals surface area (Å²) in [7, 11) is 1.71. The smallest absolute Gasteiger partial charge is 0.261 e. The van der Waals surface area contributed by atoms with Crippen molar-refractivity contribution >= 4 is 34.2 Å². The van der Waals surface area contributed by atoms with E-state index in [-0.39, 0.29) is 17.7 Å². The number of benzene rings is 3. The van der Waals surface area contributed by atoms with Gasteiger partial charge in [0.15, 0.2) is 0 Å². The minimum Gasteiger partial charge on any atom is -0.311 e. The van der Waals surface area contributed by atoms with Crippen LogP contribution >= 0.6 is 0 Å². The van der Waals surface area contributed by atoms with Crippen LogP contribution in [0.25, 0.3) is 10.8 Å². The van der Waals surface area contributed by atoms with E-state index in [0.717, 1.165) is 29.3 Å². The number of hydrogen-bond acceptors (Lipinski definition) is 3. The fraction of sp³-hybridized carbons (Fsp3) is 0.208. The molecule has 146 valence electrons. The molecule has 3 amide bonds. The Bertz CT molecular complexity index is 1140. The van der Waals surface area contributed by atoms with Crippen LogP contribution in [0.1, 0.15) is 50.8 Å². The van der Waals surface area contributed by atoms with Crippen molar-refractivity contribution in [1.29, 1.82) is 0 Å². The molecule has 0 aromatic heterocycles. The zero-order chi connectivity index (χ0) is 20.5. The van der Waals surface area contributed by atoms with Crippen molar-refractivity contribution in [1.82, 2.24) is 4.90 Å². The molecular formula is C24H22N2O3. The molecule has 0 saturated heterocycles. The Hall–Kier alpha value is -3.47. The van der Waals surface area contributed by atoms with E-state index < -0.39 is 0 Å². The molecule has 5 nitrogen and oxygen atoms in total. The molecule has 0 saturated carbocycles. The monoisotopic (exact) mass is 386 g/mol. The highest BCUT2D eigenvalue weighted by Crippen LogP contribution is 2.27. The Balaban J connectivity index is 1.62. The van der Waals surface area contributed by atoms with Gasteiger partial charge in [-0.1, -0.05) is 43.7 Å². The van der Waals surface area contributed by atoms with E-state index in [1.54, 1.807) is 30.1 Å². The number of rotatable bonds is 5. The molecular weight excluding hydrogens is 364 g/mol. The van der Waals surface area contributed by atoms with Crippen LogP contribution in [-0.4, -0.2) is 36.2 Å². The first-order valence-electron chi connectivity index (χ1n) is 9.78. The summed E-state index contributed by atoms with van der Waals surface area (Å²) in [5.74, 6) is -0.822. The Morgan fingerprint density at radius 2 is 1.62 bits per heavy atom. The third kappa shape index (κ3) is 3.29. The summed E-state index contributed by atoms with van der Waals surface area (Å²) in [6.07, 6.45) is 1.66. The summed E-state index contributed by atoms with van der Waals surface area (Å²) < 4.78 is 0. The maximum Gasteiger partial charge on any atom is 0.261 e. The largest absolute Gasteiger partial charge is 0.311 e. The average molecular weight is 386 g/mol. The fourth-order valence-corrected chi connectivity index (χ4v) is 3.64. The van der Waals surface area contributed by atoms with Crippen molar-refractivity contribution in [3.8, 4) is 0 Å². The molecule has 3 aromatic rings. The topological polar surface area (TPSA) is 57.7 Å². The molecule has 0 fully saturated rings. The van der Waals surface area contributed by atoms with Crippen molar-refractivity contribution in [3.63, 3.8) is 0 Å². The highest BCUT2D eigenvalue weighted by Gasteiger charge is 2.35. The number of unbranched alkanes of at least 4 members (excludes halogenated alkanes) is 1. The maximum atomic E-state index is 13.0. The van der Waals surface area contributed by atoms with Gasteiger partial charge < -0.3 is 4.90 Å². The minimum atomic E-state index is -0.318. The van der Waals surface area contributed by atoms with Crippen molar-refractivity contribution < 1.29 is 14.4 Å². The molecule has 0 unspecified atom stereocenters. The van der Waals surface area contributed by atoms with E-state index in [1.165, 1.54) is 4.90 Å². The first-order chi connectivity index (χ1) is 14.0. The fourth-order valence-electron chi connectivity index (χ4n) is 3.64. The van der Waals surface area contributed by atoms with Gasteiger partial charge in [-0.15, -0.1) is 0 Å². The molecule has 0 radical (unpaired) electrons. The minimum absolute atomic E-state index is 0.227. The Morgan fingerprint density at radius 1 is 0.897 bits per heavy atom. The van der Waals surface area contributed by atoms with Crippen LogP contribution in [0.2, 0.25) is 0 Å². The quantitative estimate of drug-likeness (QED) is 0.606. The van der Waals surface area contributed by atoms with Gasteiger partial charge in [0, 0.05) is 24.8 Å². The van der Waals surface area contributed by atoms with E-state index >= 15 is 0 Å². The van der Waals surface area contributed by atoms with E-state index in [2.05, 4.69) is 0 Å². The highest BCUT2D eigenvalue weighted by molar-refractivity contribution is 6.22. The Kier molecular flexibility index (Phi) is 4.89. The molecule has 1 heterocycles. The lowest BCUT2D eigenvalue weighted by Gasteiger charge is -2.18. The number of amides is 3. The third-order valence-corrected chi connectivity index (χ3v) is 5.38. The molecule has 1 aliphatic rings. The lowest BCUT2D eigenvalue weighted by Crippen LogP contribution is -2.30. The molecule has 4 rings (SSSR count). The van der Waals surface area contributed by atoms with Gasteiger partial charge in [0.2, 0.25) is 0 Å². The summed E-state index contributed by atoms with van der Waals surface area (Å²) >= 11 is 0. The van der Waals surface area contributed by atoms with E-state index in [0.29, 0.717) is 23.2 Å². The number of hydrogen-bond donors (Lipinski definition) is 0. The van der Waals surface area contributed by atoms with Crippen LogP contribution < -0.4 is 4.90 Å². The maximum absolute atomic E-state index is 13.0. The number of carbonyl (C=O) groups excluding carboxylic acids is 3. The second-order valence-electron chi connectivity index (χ2n) is 7.27. The summed E-state index contributed by atoms with van der Waals surface area (Å²) in [6.45, 7) is 2.42. The van der Waals surface area contributed by atoms with Gasteiger partial charge in [0.05, 0.1) is 11.1 Å². The second kappa shape index (κ2) is 7.51. The molecule has 0 atom stereocenters. The van der Waals surface area contributed by atoms with Crippen molar-refractivity contribution in [2.75, 3.05) is 18.5 Å². The van der Waals surface area contributed by atoms with E-state index in [1.807, 2.05) is 49.4 Å². The lowest BCUT2D eigenvalue weighted by atomic mass is 10.0. The highest BCUT2D eigenvalue weighted by atomic mass is 16.2. The van der Waals surface area contributed by atoms with Crippen LogP contribution in [0.5, 0.6) is 0 Å². The van der Waals surface area contributed by atoms with E-state index in [9.17, 15) is 14.4 Å². The first kappa shape index (κ1) is 18.9. The first-order valence-corrected chi connectivity index (χ1v) is 9.78. The van der Waals surface area contributed by atoms with E-state index in [4.69, 9.17) is 0 Å². The molecule has 0 N–H and O–H groups in total. The molecule has 3 aromatic carbocycles. The molecule has 0 bridgehead atoms. The van der Waals surface area contributed by atoms with Gasteiger partial charge >= 0.3 is 0 Å². The zero-order valence-corrected chi connectivity index (χ0v) is 16.5. The number of imide groups is 1. The molecule has 0 aliphatic carbocycles. The number of fused-ring (bicyclic) bond motifs is 2. The van der Waals surface area contributed by atoms with Crippen molar-refractivity contribution in [3.05, 3.63) is 77.4 Å². The lowest BCUT2D eigenvalue weighted by molar-refractivity contribution is 0.0652. The number of anilines is 1. The van der Waals surface area contributed by atoms with Gasteiger partial charge in [-0.25, -0.2) is 0 Å². The van der Waals surface area contributed by atoms with Crippen molar-refractivity contribution in [2.45, 2.75) is 19.8 Å². The zero-order valence-electron chi connectivity index (χ0n) is 16.5. The predicted octanol–water partition coefficient (Wildman–Crippen LogP) is 4.51. The van der Waals surface area contributed by atoms with Gasteiger partial charge in [-0.2, -0.15) is 0 Å². The standard InChI is InChI=1S/C24H22N2O3/c1-3-4-13-26-23(28)20-12-10-18(15-21(20)24(26)29)22(27)25(2)19-11-9-16-7-5-6-8-17(16)14-19/h5-12,14-15H,3-4,13H2,1-2H3. The van der Waals surface area contributed by atoms with Crippen LogP contribution in [0, 0.1) is 0 Å². The SMILES string of the molecule is CCCCN1C(=O)c2ccc(C(=O)N(C)c3ccc4ccccc4c3)cc2C1=O. The predicted molar refractivity (Wildman–Crippen MR) is 113 cm³/mol. The molecule has 5 heteroatoms. The summed E-state index contributed by atoms with van der Waals surface area (Å²) in [6, 6.07) is 18.5. The van der Waals surface area contributed by atoms with Crippen molar-refractivity contribution in [2.24, 2.45) is 0 Å².